The van der Waals surface area contributed by atoms with Gasteiger partial charge in [-0.1, -0.05) is 6.92 Å². The molecule has 0 unspecified atom stereocenters. The Labute approximate surface area is 113 Å². The molecule has 0 saturated carbocycles. The lowest BCUT2D eigenvalue weighted by atomic mass is 10.2. The molecule has 0 rings (SSSR count). The van der Waals surface area contributed by atoms with E-state index in [-0.39, 0.29) is 31.8 Å². The number of ether oxygens (including phenoxy) is 2. The molecule has 0 heterocycles. The Kier molecular flexibility index (Phi) is 7.79. The maximum Gasteiger partial charge on any atom is 0.407 e. The largest absolute Gasteiger partial charge is 0.464 e. The van der Waals surface area contributed by atoms with E-state index in [2.05, 4.69) is 5.32 Å². The number of nitrogens with one attached hydrogen (secondary N) is 1. The SMILES string of the molecule is CCC(=O)CCC(=O)OCCNC(=O)OC(C)(C)C. The first-order valence-electron chi connectivity index (χ1n) is 6.38. The lowest BCUT2D eigenvalue weighted by Gasteiger charge is -2.19. The van der Waals surface area contributed by atoms with E-state index >= 15 is 0 Å². The second kappa shape index (κ2) is 8.50. The minimum Gasteiger partial charge on any atom is -0.464 e. The number of esters is 1. The van der Waals surface area contributed by atoms with E-state index in [4.69, 9.17) is 9.47 Å². The Hall–Kier alpha value is -1.59. The van der Waals surface area contributed by atoms with Crippen LogP contribution in [0.1, 0.15) is 47.0 Å². The van der Waals surface area contributed by atoms with Crippen molar-refractivity contribution in [3.05, 3.63) is 0 Å². The number of hydrogen-bond acceptors (Lipinski definition) is 5. The summed E-state index contributed by atoms with van der Waals surface area (Å²) in [5, 5.41) is 2.47. The maximum atomic E-state index is 11.2. The van der Waals surface area contributed by atoms with Crippen molar-refractivity contribution in [1.29, 1.82) is 0 Å². The Bertz CT molecular complexity index is 319. The number of carbonyl (C=O) groups excluding carboxylic acids is 3. The molecule has 6 nitrogen and oxygen atoms in total. The van der Waals surface area contributed by atoms with E-state index in [1.54, 1.807) is 27.7 Å². The highest BCUT2D eigenvalue weighted by Gasteiger charge is 2.15. The van der Waals surface area contributed by atoms with Gasteiger partial charge in [-0.05, 0) is 20.8 Å². The van der Waals surface area contributed by atoms with Gasteiger partial charge in [-0.15, -0.1) is 0 Å². The van der Waals surface area contributed by atoms with Crippen LogP contribution < -0.4 is 5.32 Å². The van der Waals surface area contributed by atoms with E-state index < -0.39 is 17.7 Å². The fourth-order valence-corrected chi connectivity index (χ4v) is 1.12. The number of amides is 1. The van der Waals surface area contributed by atoms with Gasteiger partial charge in [0.1, 0.15) is 18.0 Å². The molecular weight excluding hydrogens is 250 g/mol. The van der Waals surface area contributed by atoms with Crippen LogP contribution in [0.3, 0.4) is 0 Å². The van der Waals surface area contributed by atoms with Gasteiger partial charge in [0.15, 0.2) is 0 Å². The van der Waals surface area contributed by atoms with Crippen LogP contribution in [0.25, 0.3) is 0 Å². The van der Waals surface area contributed by atoms with Crippen molar-refractivity contribution in [3.63, 3.8) is 0 Å². The molecule has 0 aromatic heterocycles. The molecule has 19 heavy (non-hydrogen) atoms. The van der Waals surface area contributed by atoms with Crippen molar-refractivity contribution in [1.82, 2.24) is 5.32 Å². The van der Waals surface area contributed by atoms with Gasteiger partial charge in [0.25, 0.3) is 0 Å². The van der Waals surface area contributed by atoms with Gasteiger partial charge in [0, 0.05) is 12.8 Å². The maximum absolute atomic E-state index is 11.2. The fourth-order valence-electron chi connectivity index (χ4n) is 1.12. The molecule has 6 heteroatoms. The Morgan fingerprint density at radius 2 is 1.74 bits per heavy atom. The molecular formula is C13H23NO5. The van der Waals surface area contributed by atoms with Gasteiger partial charge < -0.3 is 14.8 Å². The number of ketones is 1. The fraction of sp³-hybridized carbons (Fsp3) is 0.769. The number of Topliss-reactive ketones (excluding diaryl/α,β-unsaturated/α-hetero) is 1. The zero-order valence-corrected chi connectivity index (χ0v) is 12.1. The van der Waals surface area contributed by atoms with Crippen molar-refractivity contribution in [3.8, 4) is 0 Å². The molecule has 0 fully saturated rings. The number of alkyl carbamates (subject to hydrolysis) is 1. The van der Waals surface area contributed by atoms with Gasteiger partial charge in [-0.2, -0.15) is 0 Å². The molecule has 0 atom stereocenters. The van der Waals surface area contributed by atoms with Gasteiger partial charge in [-0.3, -0.25) is 9.59 Å². The van der Waals surface area contributed by atoms with Gasteiger partial charge in [0.05, 0.1) is 13.0 Å². The predicted octanol–water partition coefficient (Wildman–Crippen LogP) is 1.81. The van der Waals surface area contributed by atoms with E-state index in [0.717, 1.165) is 0 Å². The summed E-state index contributed by atoms with van der Waals surface area (Å²) in [6.45, 7) is 7.28. The van der Waals surface area contributed by atoms with Crippen LogP contribution in [0.5, 0.6) is 0 Å². The topological polar surface area (TPSA) is 81.7 Å². The predicted molar refractivity (Wildman–Crippen MR) is 69.7 cm³/mol. The summed E-state index contributed by atoms with van der Waals surface area (Å²) in [5.74, 6) is -0.406. The number of carbonyl (C=O) groups is 3. The van der Waals surface area contributed by atoms with E-state index in [0.29, 0.717) is 6.42 Å². The first kappa shape index (κ1) is 17.4. The quantitative estimate of drug-likeness (QED) is 0.565. The van der Waals surface area contributed by atoms with Crippen LogP contribution in [0.15, 0.2) is 0 Å². The summed E-state index contributed by atoms with van der Waals surface area (Å²) >= 11 is 0. The second-order valence-electron chi connectivity index (χ2n) is 5.04. The van der Waals surface area contributed by atoms with Crippen molar-refractivity contribution >= 4 is 17.8 Å². The van der Waals surface area contributed by atoms with Crippen molar-refractivity contribution in [2.75, 3.05) is 13.2 Å². The molecule has 1 N–H and O–H groups in total. The first-order valence-corrected chi connectivity index (χ1v) is 6.38. The average molecular weight is 273 g/mol. The lowest BCUT2D eigenvalue weighted by molar-refractivity contribution is -0.144. The van der Waals surface area contributed by atoms with Crippen LogP contribution >= 0.6 is 0 Å². The molecule has 110 valence electrons. The minimum atomic E-state index is -0.554. The summed E-state index contributed by atoms with van der Waals surface area (Å²) in [6.07, 6.45) is 0.159. The number of rotatable bonds is 7. The molecule has 0 aromatic rings. The molecule has 0 spiro atoms. The third-order valence-corrected chi connectivity index (χ3v) is 2.04. The standard InChI is InChI=1S/C13H23NO5/c1-5-10(15)6-7-11(16)18-9-8-14-12(17)19-13(2,3)4/h5-9H2,1-4H3,(H,14,17). The minimum absolute atomic E-state index is 0.0313. The molecule has 0 saturated heterocycles. The van der Waals surface area contributed by atoms with E-state index in [9.17, 15) is 14.4 Å². The second-order valence-corrected chi connectivity index (χ2v) is 5.04. The molecule has 0 aliphatic rings. The normalized spacial score (nSPS) is 10.7. The highest BCUT2D eigenvalue weighted by molar-refractivity contribution is 5.82. The average Bonchev–Trinajstić information content (AvgIpc) is 2.29. The highest BCUT2D eigenvalue weighted by atomic mass is 16.6. The molecule has 0 radical (unpaired) electrons. The summed E-state index contributed by atoms with van der Waals surface area (Å²) in [7, 11) is 0. The Balaban J connectivity index is 3.61. The summed E-state index contributed by atoms with van der Waals surface area (Å²) in [4.78, 5) is 33.4. The third-order valence-electron chi connectivity index (χ3n) is 2.04. The van der Waals surface area contributed by atoms with Crippen LogP contribution in [0, 0.1) is 0 Å². The van der Waals surface area contributed by atoms with Gasteiger partial charge in [0.2, 0.25) is 0 Å². The first-order chi connectivity index (χ1) is 8.74. The highest BCUT2D eigenvalue weighted by Crippen LogP contribution is 2.06. The van der Waals surface area contributed by atoms with Gasteiger partial charge >= 0.3 is 12.1 Å². The van der Waals surface area contributed by atoms with Crippen molar-refractivity contribution < 1.29 is 23.9 Å². The molecule has 0 aliphatic carbocycles. The Morgan fingerprint density at radius 1 is 1.11 bits per heavy atom. The monoisotopic (exact) mass is 273 g/mol. The van der Waals surface area contributed by atoms with Crippen LogP contribution in [-0.4, -0.2) is 36.6 Å². The van der Waals surface area contributed by atoms with E-state index in [1.807, 2.05) is 0 Å². The molecule has 1 amide bonds. The summed E-state index contributed by atoms with van der Waals surface area (Å²) in [5.41, 5.74) is -0.554. The summed E-state index contributed by atoms with van der Waals surface area (Å²) in [6, 6.07) is 0. The zero-order chi connectivity index (χ0) is 14.9. The molecule has 0 bridgehead atoms. The van der Waals surface area contributed by atoms with Crippen LogP contribution in [0.2, 0.25) is 0 Å². The van der Waals surface area contributed by atoms with Crippen LogP contribution in [0.4, 0.5) is 4.79 Å². The summed E-state index contributed by atoms with van der Waals surface area (Å²) < 4.78 is 9.86. The van der Waals surface area contributed by atoms with E-state index in [1.165, 1.54) is 0 Å². The number of hydrogen-bond donors (Lipinski definition) is 1. The molecule has 0 aromatic carbocycles. The lowest BCUT2D eigenvalue weighted by Crippen LogP contribution is -2.34. The van der Waals surface area contributed by atoms with Crippen LogP contribution in [-0.2, 0) is 19.1 Å². The Morgan fingerprint density at radius 3 is 2.26 bits per heavy atom. The third kappa shape index (κ3) is 11.2. The van der Waals surface area contributed by atoms with Gasteiger partial charge in [-0.25, -0.2) is 4.79 Å². The molecule has 0 aliphatic heterocycles. The smallest absolute Gasteiger partial charge is 0.407 e. The van der Waals surface area contributed by atoms with Crippen molar-refractivity contribution in [2.24, 2.45) is 0 Å². The zero-order valence-electron chi connectivity index (χ0n) is 12.1. The van der Waals surface area contributed by atoms with Crippen molar-refractivity contribution in [2.45, 2.75) is 52.6 Å².